The molecule has 142 valence electrons. The Hall–Kier alpha value is -1.33. The third-order valence-electron chi connectivity index (χ3n) is 5.31. The summed E-state index contributed by atoms with van der Waals surface area (Å²) in [5, 5.41) is 23.9. The van der Waals surface area contributed by atoms with Crippen LogP contribution in [0.2, 0.25) is 5.28 Å². The van der Waals surface area contributed by atoms with Gasteiger partial charge in [0.15, 0.2) is 17.0 Å². The summed E-state index contributed by atoms with van der Waals surface area (Å²) in [5.74, 6) is 0.182. The fourth-order valence-electron chi connectivity index (χ4n) is 4.01. The largest absolute Gasteiger partial charge is 0.469 e. The summed E-state index contributed by atoms with van der Waals surface area (Å²) < 4.78 is 17.2. The van der Waals surface area contributed by atoms with E-state index in [4.69, 9.17) is 21.4 Å². The summed E-state index contributed by atoms with van der Waals surface area (Å²) in [5.41, 5.74) is -0.0582. The van der Waals surface area contributed by atoms with Crippen molar-refractivity contribution < 1.29 is 29.1 Å². The quantitative estimate of drug-likeness (QED) is 0.335. The van der Waals surface area contributed by atoms with Crippen molar-refractivity contribution in [2.45, 2.75) is 24.7 Å². The number of phosphoric acid groups is 1. The molecule has 2 saturated carbocycles. The van der Waals surface area contributed by atoms with E-state index in [-0.39, 0.29) is 17.8 Å². The van der Waals surface area contributed by atoms with Gasteiger partial charge in [-0.2, -0.15) is 9.97 Å². The highest BCUT2D eigenvalue weighted by Crippen LogP contribution is 2.68. The Morgan fingerprint density at radius 1 is 1.46 bits per heavy atom. The van der Waals surface area contributed by atoms with Gasteiger partial charge < -0.3 is 29.9 Å². The molecule has 0 amide bonds. The maximum atomic E-state index is 11.0. The number of nitrogens with zero attached hydrogens (tertiary/aromatic N) is 4. The number of aromatic nitrogens is 4. The molecule has 0 saturated heterocycles. The van der Waals surface area contributed by atoms with Crippen molar-refractivity contribution in [3.8, 4) is 0 Å². The predicted octanol–water partition coefficient (Wildman–Crippen LogP) is -0.0865. The molecule has 26 heavy (non-hydrogen) atoms. The molecule has 2 heterocycles. The molecule has 2 aliphatic rings. The number of anilines is 1. The van der Waals surface area contributed by atoms with Gasteiger partial charge in [-0.25, -0.2) is 9.55 Å². The Morgan fingerprint density at radius 2 is 2.19 bits per heavy atom. The van der Waals surface area contributed by atoms with Crippen molar-refractivity contribution in [1.82, 2.24) is 19.5 Å². The van der Waals surface area contributed by atoms with Gasteiger partial charge in [-0.3, -0.25) is 4.52 Å². The van der Waals surface area contributed by atoms with Crippen LogP contribution in [-0.2, 0) is 9.09 Å². The first kappa shape index (κ1) is 18.1. The Kier molecular flexibility index (Phi) is 4.05. The molecule has 0 unspecified atom stereocenters. The summed E-state index contributed by atoms with van der Waals surface area (Å²) in [4.78, 5) is 30.3. The van der Waals surface area contributed by atoms with E-state index in [1.54, 1.807) is 11.6 Å². The lowest BCUT2D eigenvalue weighted by atomic mass is 10.0. The maximum absolute atomic E-state index is 11.0. The second kappa shape index (κ2) is 5.83. The molecular weight excluding hydrogens is 389 g/mol. The van der Waals surface area contributed by atoms with E-state index >= 15 is 0 Å². The average Bonchev–Trinajstić information content (AvgIpc) is 3.08. The second-order valence-electron chi connectivity index (χ2n) is 6.65. The fraction of sp³-hybridized carbons (Fsp3) is 0.615. The van der Waals surface area contributed by atoms with Crippen molar-refractivity contribution in [3.05, 3.63) is 11.6 Å². The van der Waals surface area contributed by atoms with E-state index in [1.807, 2.05) is 0 Å². The molecule has 0 aliphatic heterocycles. The van der Waals surface area contributed by atoms with E-state index in [9.17, 15) is 14.8 Å². The Labute approximate surface area is 152 Å². The molecule has 0 aromatic carbocycles. The van der Waals surface area contributed by atoms with Crippen molar-refractivity contribution in [2.24, 2.45) is 11.3 Å². The maximum Gasteiger partial charge on any atom is 0.469 e. The van der Waals surface area contributed by atoms with Crippen LogP contribution < -0.4 is 5.32 Å². The van der Waals surface area contributed by atoms with E-state index < -0.39 is 31.5 Å². The third-order valence-corrected chi connectivity index (χ3v) is 5.94. The number of rotatable bonds is 5. The lowest BCUT2D eigenvalue weighted by Crippen LogP contribution is -2.35. The fourth-order valence-corrected chi connectivity index (χ4v) is 4.59. The Morgan fingerprint density at radius 3 is 2.85 bits per heavy atom. The number of imidazole rings is 1. The van der Waals surface area contributed by atoms with Gasteiger partial charge in [-0.15, -0.1) is 0 Å². The zero-order valence-corrected chi connectivity index (χ0v) is 15.2. The van der Waals surface area contributed by atoms with Crippen LogP contribution in [0.5, 0.6) is 0 Å². The van der Waals surface area contributed by atoms with E-state index in [2.05, 4.69) is 24.8 Å². The molecule has 5 atom stereocenters. The van der Waals surface area contributed by atoms with Gasteiger partial charge in [0.25, 0.3) is 0 Å². The number of aliphatic hydroxyl groups excluding tert-OH is 2. The molecule has 2 aliphatic carbocycles. The molecule has 2 aromatic rings. The standard InChI is InChI=1S/C13H17ClN5O6P/c1-15-10-6-11(18-12(14)17-10)19(4-16-6)7-5-2-13(5,9(21)8(7)20)3-25-26(22,23)24/h4-5,7-9,20-21H,2-3H2,1H3,(H,15,17,18)(H2,22,23,24)/t5-,7-,8+,9+,13+/m1/s1. The van der Waals surface area contributed by atoms with E-state index in [1.165, 1.54) is 6.33 Å². The predicted molar refractivity (Wildman–Crippen MR) is 89.5 cm³/mol. The summed E-state index contributed by atoms with van der Waals surface area (Å²) in [6.45, 7) is -0.346. The van der Waals surface area contributed by atoms with E-state index in [0.717, 1.165) is 0 Å². The molecule has 4 rings (SSSR count). The molecule has 11 nitrogen and oxygen atoms in total. The summed E-state index contributed by atoms with van der Waals surface area (Å²) in [6, 6.07) is -0.578. The number of aliphatic hydroxyl groups is 2. The topological polar surface area (TPSA) is 163 Å². The highest BCUT2D eigenvalue weighted by molar-refractivity contribution is 7.46. The van der Waals surface area contributed by atoms with Crippen LogP contribution in [-0.4, -0.2) is 65.4 Å². The lowest BCUT2D eigenvalue weighted by molar-refractivity contribution is -0.0297. The molecule has 2 fully saturated rings. The minimum atomic E-state index is -4.67. The number of halogens is 1. The van der Waals surface area contributed by atoms with Gasteiger partial charge in [0.1, 0.15) is 6.10 Å². The van der Waals surface area contributed by atoms with Gasteiger partial charge >= 0.3 is 7.82 Å². The first-order valence-electron chi connectivity index (χ1n) is 7.82. The van der Waals surface area contributed by atoms with Crippen LogP contribution in [0.3, 0.4) is 0 Å². The van der Waals surface area contributed by atoms with Gasteiger partial charge in [-0.1, -0.05) is 0 Å². The number of fused-ring (bicyclic) bond motifs is 2. The average molecular weight is 406 g/mol. The molecule has 0 spiro atoms. The van der Waals surface area contributed by atoms with Gasteiger partial charge in [-0.05, 0) is 23.9 Å². The first-order chi connectivity index (χ1) is 12.2. The summed E-state index contributed by atoms with van der Waals surface area (Å²) in [6.07, 6.45) is -0.427. The van der Waals surface area contributed by atoms with Crippen LogP contribution in [0.15, 0.2) is 6.33 Å². The van der Waals surface area contributed by atoms with Gasteiger partial charge in [0.2, 0.25) is 5.28 Å². The van der Waals surface area contributed by atoms with Gasteiger partial charge in [0, 0.05) is 12.5 Å². The highest BCUT2D eigenvalue weighted by Gasteiger charge is 2.72. The summed E-state index contributed by atoms with van der Waals surface area (Å²) >= 11 is 5.96. The zero-order chi connectivity index (χ0) is 18.9. The van der Waals surface area contributed by atoms with Crippen LogP contribution in [0.1, 0.15) is 12.5 Å². The molecule has 0 bridgehead atoms. The van der Waals surface area contributed by atoms with Crippen LogP contribution in [0.25, 0.3) is 11.2 Å². The zero-order valence-electron chi connectivity index (χ0n) is 13.5. The van der Waals surface area contributed by atoms with Crippen LogP contribution in [0, 0.1) is 11.3 Å². The second-order valence-corrected chi connectivity index (χ2v) is 8.23. The first-order valence-corrected chi connectivity index (χ1v) is 9.73. The van der Waals surface area contributed by atoms with E-state index in [0.29, 0.717) is 23.4 Å². The third kappa shape index (κ3) is 2.63. The molecule has 13 heteroatoms. The number of nitrogens with one attached hydrogen (secondary N) is 1. The van der Waals surface area contributed by atoms with Crippen LogP contribution >= 0.6 is 19.4 Å². The normalized spacial score (nSPS) is 33.5. The number of hydrogen-bond donors (Lipinski definition) is 5. The smallest absolute Gasteiger partial charge is 0.390 e. The molecule has 0 radical (unpaired) electrons. The Bertz CT molecular complexity index is 920. The SMILES string of the molecule is CNc1nc(Cl)nc2c1ncn2[C@H]1[C@H](O)[C@H](O)[C@]2(COP(=O)(O)O)C[C@H]12. The van der Waals surface area contributed by atoms with Crippen LogP contribution in [0.4, 0.5) is 5.82 Å². The minimum absolute atomic E-state index is 0.00327. The lowest BCUT2D eigenvalue weighted by Gasteiger charge is -2.24. The molecular formula is C13H17ClN5O6P. The Balaban J connectivity index is 1.71. The highest BCUT2D eigenvalue weighted by atomic mass is 35.5. The van der Waals surface area contributed by atoms with Crippen molar-refractivity contribution in [3.63, 3.8) is 0 Å². The van der Waals surface area contributed by atoms with Crippen molar-refractivity contribution in [2.75, 3.05) is 19.0 Å². The molecule has 5 N–H and O–H groups in total. The minimum Gasteiger partial charge on any atom is -0.390 e. The molecule has 2 aromatic heterocycles. The summed E-state index contributed by atoms with van der Waals surface area (Å²) in [7, 11) is -3.01. The van der Waals surface area contributed by atoms with Gasteiger partial charge in [0.05, 0.1) is 25.1 Å². The van der Waals surface area contributed by atoms with Crippen molar-refractivity contribution >= 4 is 36.4 Å². The van der Waals surface area contributed by atoms with Crippen molar-refractivity contribution in [1.29, 1.82) is 0 Å². The monoisotopic (exact) mass is 405 g/mol. The number of hydrogen-bond acceptors (Lipinski definition) is 8. The number of phosphoric ester groups is 1.